The smallest absolute Gasteiger partial charge is 0.335 e. The number of rotatable bonds is 4. The van der Waals surface area contributed by atoms with E-state index in [1.54, 1.807) is 0 Å². The summed E-state index contributed by atoms with van der Waals surface area (Å²) in [5, 5.41) is 40.9. The van der Waals surface area contributed by atoms with Crippen molar-refractivity contribution < 1.29 is 34.8 Å². The van der Waals surface area contributed by atoms with Gasteiger partial charge in [-0.3, -0.25) is 4.79 Å². The summed E-state index contributed by atoms with van der Waals surface area (Å²) in [6, 6.07) is 10.8. The highest BCUT2D eigenvalue weighted by atomic mass is 16.4. The molecule has 1 aromatic rings. The summed E-state index contributed by atoms with van der Waals surface area (Å²) >= 11 is 0. The summed E-state index contributed by atoms with van der Waals surface area (Å²) in [7, 11) is 0. The first kappa shape index (κ1) is 24.2. The van der Waals surface area contributed by atoms with Crippen molar-refractivity contribution in [3.63, 3.8) is 0 Å². The fraction of sp³-hybridized carbons (Fsp3) is 0.444. The average molecular weight is 380 g/mol. The number of carboxylic acids is 2. The number of aliphatic hydroxyl groups excluding tert-OH is 2. The molecule has 148 valence electrons. The topological polar surface area (TPSA) is 182 Å². The number of carboxylic acid groups (broad SMARTS) is 2. The first-order valence-corrected chi connectivity index (χ1v) is 8.24. The van der Waals surface area contributed by atoms with Crippen LogP contribution in [0.1, 0.15) is 43.7 Å². The molecule has 0 aromatic heterocycles. The van der Waals surface area contributed by atoms with Crippen LogP contribution in [0.5, 0.6) is 0 Å². The van der Waals surface area contributed by atoms with Crippen molar-refractivity contribution in [2.75, 3.05) is 0 Å². The predicted octanol–water partition coefficient (Wildman–Crippen LogP) is 0.607. The molecule has 0 radical (unpaired) electrons. The Hall–Kier alpha value is -2.80. The lowest BCUT2D eigenvalue weighted by molar-refractivity contribution is -0.165. The Morgan fingerprint density at radius 1 is 0.963 bits per heavy atom. The highest BCUT2D eigenvalue weighted by Gasteiger charge is 2.29. The summed E-state index contributed by atoms with van der Waals surface area (Å²) in [4.78, 5) is 30.0. The van der Waals surface area contributed by atoms with Crippen LogP contribution in [0.4, 0.5) is 0 Å². The van der Waals surface area contributed by atoms with Gasteiger partial charge in [0.2, 0.25) is 0 Å². The standard InChI is InChI=1S/C8H8N2.C6H10O.C4H6O6/c9-6-8(10)7-4-2-1-3-5-7;7-6-4-2-1-3-5-6;5-1(3(7)8)2(6)4(9)10/h1-5,8H,10H2;1-5H2;1-2,5-6H,(H,7,8)(H,9,10). The lowest BCUT2D eigenvalue weighted by atomic mass is 10.00. The number of nitrogens with zero attached hydrogens (tertiary/aromatic N) is 1. The van der Waals surface area contributed by atoms with Crippen molar-refractivity contribution in [3.8, 4) is 6.07 Å². The molecule has 0 bridgehead atoms. The van der Waals surface area contributed by atoms with Crippen LogP contribution in [-0.4, -0.2) is 50.4 Å². The molecule has 1 fully saturated rings. The molecule has 1 saturated carbocycles. The van der Waals surface area contributed by atoms with Crippen LogP contribution in [-0.2, 0) is 14.4 Å². The number of ketones is 1. The molecule has 1 aliphatic carbocycles. The molecular formula is C18H24N2O7. The maximum absolute atomic E-state index is 10.5. The fourth-order valence-electron chi connectivity index (χ4n) is 1.95. The zero-order valence-corrected chi connectivity index (χ0v) is 14.7. The third-order valence-electron chi connectivity index (χ3n) is 3.51. The van der Waals surface area contributed by atoms with E-state index < -0.39 is 30.2 Å². The highest BCUT2D eigenvalue weighted by Crippen LogP contribution is 2.12. The number of benzene rings is 1. The van der Waals surface area contributed by atoms with E-state index >= 15 is 0 Å². The van der Waals surface area contributed by atoms with Crippen LogP contribution in [0.2, 0.25) is 0 Å². The van der Waals surface area contributed by atoms with Crippen LogP contribution in [0.15, 0.2) is 30.3 Å². The minimum atomic E-state index is -2.27. The minimum Gasteiger partial charge on any atom is -0.479 e. The van der Waals surface area contributed by atoms with E-state index in [-0.39, 0.29) is 0 Å². The summed E-state index contributed by atoms with van der Waals surface area (Å²) in [5.74, 6) is -3.07. The van der Waals surface area contributed by atoms with Crippen molar-refractivity contribution in [2.45, 2.75) is 50.4 Å². The first-order valence-electron chi connectivity index (χ1n) is 8.24. The van der Waals surface area contributed by atoms with Gasteiger partial charge in [-0.2, -0.15) is 5.26 Å². The van der Waals surface area contributed by atoms with Gasteiger partial charge in [0.1, 0.15) is 11.8 Å². The van der Waals surface area contributed by atoms with Crippen LogP contribution in [0.3, 0.4) is 0 Å². The second-order valence-corrected chi connectivity index (χ2v) is 5.68. The Kier molecular flexibility index (Phi) is 12.0. The number of carbonyl (C=O) groups excluding carboxylic acids is 1. The van der Waals surface area contributed by atoms with Gasteiger partial charge in [-0.1, -0.05) is 36.8 Å². The lowest BCUT2D eigenvalue weighted by Crippen LogP contribution is -2.39. The van der Waals surface area contributed by atoms with Gasteiger partial charge < -0.3 is 26.2 Å². The zero-order valence-electron chi connectivity index (χ0n) is 14.7. The Labute approximate surface area is 156 Å². The van der Waals surface area contributed by atoms with Crippen molar-refractivity contribution >= 4 is 17.7 Å². The third-order valence-corrected chi connectivity index (χ3v) is 3.51. The van der Waals surface area contributed by atoms with Crippen LogP contribution >= 0.6 is 0 Å². The van der Waals surface area contributed by atoms with Gasteiger partial charge in [-0.25, -0.2) is 9.59 Å². The van der Waals surface area contributed by atoms with E-state index in [4.69, 9.17) is 31.4 Å². The number of hydrogen-bond acceptors (Lipinski definition) is 7. The monoisotopic (exact) mass is 380 g/mol. The van der Waals surface area contributed by atoms with E-state index in [2.05, 4.69) is 0 Å². The average Bonchev–Trinajstić information content (AvgIpc) is 2.68. The summed E-state index contributed by atoms with van der Waals surface area (Å²) in [5.41, 5.74) is 6.30. The van der Waals surface area contributed by atoms with Gasteiger partial charge in [0.05, 0.1) is 6.07 Å². The number of hydrogen-bond donors (Lipinski definition) is 5. The maximum Gasteiger partial charge on any atom is 0.335 e. The van der Waals surface area contributed by atoms with Gasteiger partial charge in [0.25, 0.3) is 0 Å². The maximum atomic E-state index is 10.5. The molecule has 9 nitrogen and oxygen atoms in total. The van der Waals surface area contributed by atoms with Crippen LogP contribution in [0.25, 0.3) is 0 Å². The van der Waals surface area contributed by atoms with Gasteiger partial charge in [0.15, 0.2) is 12.2 Å². The fourth-order valence-corrected chi connectivity index (χ4v) is 1.95. The Balaban J connectivity index is 0.000000382. The summed E-state index contributed by atoms with van der Waals surface area (Å²) in [6.07, 6.45) is 0.707. The minimum absolute atomic E-state index is 0.464. The molecule has 2 rings (SSSR count). The molecular weight excluding hydrogens is 356 g/mol. The molecule has 0 heterocycles. The Morgan fingerprint density at radius 3 is 1.70 bits per heavy atom. The quantitative estimate of drug-likeness (QED) is 0.499. The Bertz CT molecular complexity index is 617. The van der Waals surface area contributed by atoms with Gasteiger partial charge in [-0.15, -0.1) is 0 Å². The molecule has 1 aliphatic rings. The van der Waals surface area contributed by atoms with Gasteiger partial charge >= 0.3 is 11.9 Å². The van der Waals surface area contributed by atoms with Crippen molar-refractivity contribution in [3.05, 3.63) is 35.9 Å². The predicted molar refractivity (Wildman–Crippen MR) is 94.4 cm³/mol. The molecule has 0 spiro atoms. The molecule has 0 amide bonds. The molecule has 27 heavy (non-hydrogen) atoms. The molecule has 0 aliphatic heterocycles. The summed E-state index contributed by atoms with van der Waals surface area (Å²) < 4.78 is 0. The van der Waals surface area contributed by atoms with Crippen molar-refractivity contribution in [2.24, 2.45) is 5.73 Å². The van der Waals surface area contributed by atoms with E-state index in [0.717, 1.165) is 31.2 Å². The number of nitrogens with two attached hydrogens (primary N) is 1. The van der Waals surface area contributed by atoms with E-state index in [1.807, 2.05) is 36.4 Å². The number of nitriles is 1. The molecule has 1 aromatic carbocycles. The highest BCUT2D eigenvalue weighted by molar-refractivity contribution is 5.83. The SMILES string of the molecule is N#CC(N)c1ccccc1.O=C(O)C(O)C(O)C(=O)O.O=C1CCCCC1. The second-order valence-electron chi connectivity index (χ2n) is 5.68. The van der Waals surface area contributed by atoms with E-state index in [1.165, 1.54) is 6.42 Å². The largest absolute Gasteiger partial charge is 0.479 e. The van der Waals surface area contributed by atoms with Crippen molar-refractivity contribution in [1.82, 2.24) is 0 Å². The third kappa shape index (κ3) is 10.7. The first-order chi connectivity index (χ1) is 12.7. The zero-order chi connectivity index (χ0) is 20.8. The van der Waals surface area contributed by atoms with Gasteiger partial charge in [-0.05, 0) is 18.4 Å². The number of aliphatic carboxylic acids is 2. The second kappa shape index (κ2) is 13.4. The van der Waals surface area contributed by atoms with E-state index in [9.17, 15) is 14.4 Å². The molecule has 3 unspecified atom stereocenters. The van der Waals surface area contributed by atoms with Gasteiger partial charge in [0, 0.05) is 12.8 Å². The molecule has 6 N–H and O–H groups in total. The normalized spacial score (nSPS) is 16.1. The molecule has 0 saturated heterocycles. The summed E-state index contributed by atoms with van der Waals surface area (Å²) in [6.45, 7) is 0. The van der Waals surface area contributed by atoms with Crippen LogP contribution < -0.4 is 5.73 Å². The molecule has 9 heteroatoms. The van der Waals surface area contributed by atoms with Crippen molar-refractivity contribution in [1.29, 1.82) is 5.26 Å². The lowest BCUT2D eigenvalue weighted by Gasteiger charge is -2.07. The van der Waals surface area contributed by atoms with E-state index in [0.29, 0.717) is 5.78 Å². The number of aliphatic hydroxyl groups is 2. The molecule has 3 atom stereocenters. The number of carbonyl (C=O) groups is 3. The Morgan fingerprint density at radius 2 is 1.41 bits per heavy atom. The van der Waals surface area contributed by atoms with Crippen LogP contribution in [0, 0.1) is 11.3 Å². The number of Topliss-reactive ketones (excluding diaryl/α,β-unsaturated/α-hetero) is 1.